The first-order valence-corrected chi connectivity index (χ1v) is 24.7. The van der Waals surface area contributed by atoms with Crippen molar-refractivity contribution in [1.82, 2.24) is 20.6 Å². The third-order valence-corrected chi connectivity index (χ3v) is 14.2. The number of pyridine rings is 2. The van der Waals surface area contributed by atoms with Crippen molar-refractivity contribution >= 4 is 41.4 Å². The number of nitriles is 1. The number of nitrogens with one attached hydrogen (secondary N) is 3. The van der Waals surface area contributed by atoms with Crippen molar-refractivity contribution in [2.45, 2.75) is 104 Å². The molecule has 0 radical (unpaired) electrons. The van der Waals surface area contributed by atoms with E-state index >= 15 is 0 Å². The van der Waals surface area contributed by atoms with Crippen LogP contribution in [0.15, 0.2) is 97.6 Å². The van der Waals surface area contributed by atoms with Gasteiger partial charge in [-0.05, 0) is 97.2 Å². The lowest BCUT2D eigenvalue weighted by atomic mass is 9.92. The Hall–Kier alpha value is -7.02. The topological polar surface area (TPSA) is 209 Å². The Labute approximate surface area is 428 Å². The average molecular weight is 1010 g/mol. The third kappa shape index (κ3) is 12.5. The molecule has 72 heavy (non-hydrogen) atoms. The van der Waals surface area contributed by atoms with Crippen molar-refractivity contribution < 1.29 is 38.7 Å². The Morgan fingerprint density at radius 2 is 1.12 bits per heavy atom. The number of carboxylic acids is 2. The van der Waals surface area contributed by atoms with Crippen molar-refractivity contribution in [3.8, 4) is 40.2 Å². The van der Waals surface area contributed by atoms with Gasteiger partial charge in [-0.2, -0.15) is 5.26 Å². The van der Waals surface area contributed by atoms with E-state index in [1.807, 2.05) is 30.3 Å². The van der Waals surface area contributed by atoms with Gasteiger partial charge in [-0.1, -0.05) is 72.4 Å². The molecule has 2 heterocycles. The van der Waals surface area contributed by atoms with Crippen molar-refractivity contribution in [3.63, 3.8) is 0 Å². The van der Waals surface area contributed by atoms with Crippen LogP contribution < -0.4 is 29.6 Å². The highest BCUT2D eigenvalue weighted by Gasteiger charge is 2.34. The highest BCUT2D eigenvalue weighted by atomic mass is 35.5. The van der Waals surface area contributed by atoms with Gasteiger partial charge in [0.1, 0.15) is 55.5 Å². The minimum atomic E-state index is -0.810. The van der Waals surface area contributed by atoms with Crippen LogP contribution in [0.25, 0.3) is 11.1 Å². The van der Waals surface area contributed by atoms with Crippen LogP contribution in [0.5, 0.6) is 23.0 Å². The first-order chi connectivity index (χ1) is 34.9. The summed E-state index contributed by atoms with van der Waals surface area (Å²) in [6.07, 6.45) is 12.1. The van der Waals surface area contributed by atoms with Crippen LogP contribution in [0.2, 0.25) is 10.0 Å². The number of benzene rings is 4. The van der Waals surface area contributed by atoms with Gasteiger partial charge in [-0.25, -0.2) is 0 Å². The van der Waals surface area contributed by atoms with Crippen molar-refractivity contribution in [1.29, 1.82) is 10.7 Å². The zero-order chi connectivity index (χ0) is 50.7. The maximum atomic E-state index is 11.9. The lowest BCUT2D eigenvalue weighted by Crippen LogP contribution is -2.35. The molecule has 0 amide bonds. The molecule has 0 bridgehead atoms. The second kappa shape index (κ2) is 23.9. The van der Waals surface area contributed by atoms with E-state index < -0.39 is 23.8 Å². The number of halogens is 2. The predicted octanol–water partition coefficient (Wildman–Crippen LogP) is 10.9. The summed E-state index contributed by atoms with van der Waals surface area (Å²) in [5, 5.41) is 44.2. The zero-order valence-electron chi connectivity index (χ0n) is 40.1. The fraction of sp³-hybridized carbons (Fsp3) is 0.321. The van der Waals surface area contributed by atoms with Gasteiger partial charge in [-0.3, -0.25) is 19.6 Å². The molecule has 4 aromatic carbocycles. The maximum absolute atomic E-state index is 11.9. The number of carbonyl (C=O) groups is 2. The van der Waals surface area contributed by atoms with E-state index in [1.54, 1.807) is 48.9 Å². The second-order valence-electron chi connectivity index (χ2n) is 18.3. The molecule has 4 atom stereocenters. The number of aliphatic carboxylic acids is 2. The standard InChI is InChI=1S/C56H56Cl2N6O8/c1-33-39(31-71-53-19-51(69-29-37-15-35(21-59)23-61-25-37)41(17-47(53)57)27-63-49-13-5-11-45(49)55(65)66)7-3-9-43(33)44-10-4-8-40(34(44)2)32-72-54-20-52(70-30-38-16-36(22-60)24-62-26-38)42(18-48(54)58)28-64-50-14-6-12-46(50)56(67)68/h3-4,7-10,15-21,23-26,45-46,49-50,59,63-64H,5-6,11-14,27-32H2,1-2H3,(H,65,66)(H,67,68)/t45-,46-,49+,50?/m0/s1. The Bertz CT molecular complexity index is 3000. The van der Waals surface area contributed by atoms with Gasteiger partial charge >= 0.3 is 11.9 Å². The molecule has 14 nitrogen and oxygen atoms in total. The SMILES string of the molecule is Cc1c(COc2cc(OCc3cncc(C#N)c3)c(CNC3CCC[C@@H]3C(=O)O)cc2Cl)cccc1-c1cccc(COc2cc(OCc3cncc(C=N)c3)c(CN[C@@H]3CCC[C@@H]3C(=O)O)cc2Cl)c1C. The first kappa shape index (κ1) is 51.3. The molecule has 2 saturated carbocycles. The largest absolute Gasteiger partial charge is 0.488 e. The van der Waals surface area contributed by atoms with Crippen molar-refractivity contribution in [2.24, 2.45) is 11.8 Å². The molecular formula is C56H56Cl2N6O8. The van der Waals surface area contributed by atoms with Gasteiger partial charge in [0.15, 0.2) is 0 Å². The van der Waals surface area contributed by atoms with Crippen LogP contribution in [0.1, 0.15) is 94.2 Å². The summed E-state index contributed by atoms with van der Waals surface area (Å²) in [4.78, 5) is 32.2. The maximum Gasteiger partial charge on any atom is 0.308 e. The van der Waals surface area contributed by atoms with Crippen LogP contribution in [-0.4, -0.2) is 50.4 Å². The van der Waals surface area contributed by atoms with Crippen LogP contribution in [0.4, 0.5) is 0 Å². The van der Waals surface area contributed by atoms with E-state index in [4.69, 9.17) is 47.6 Å². The van der Waals surface area contributed by atoms with Crippen LogP contribution in [0.3, 0.4) is 0 Å². The molecule has 0 saturated heterocycles. The Kier molecular flexibility index (Phi) is 17.1. The highest BCUT2D eigenvalue weighted by molar-refractivity contribution is 6.32. The lowest BCUT2D eigenvalue weighted by molar-refractivity contribution is -0.143. The average Bonchev–Trinajstić information content (AvgIpc) is 4.08. The number of hydrogen-bond acceptors (Lipinski definition) is 12. The van der Waals surface area contributed by atoms with Gasteiger partial charge in [0.05, 0.1) is 27.4 Å². The van der Waals surface area contributed by atoms with Crippen molar-refractivity contribution in [3.05, 3.63) is 163 Å². The predicted molar refractivity (Wildman–Crippen MR) is 274 cm³/mol. The Morgan fingerprint density at radius 3 is 1.60 bits per heavy atom. The number of carboxylic acid groups (broad SMARTS) is 2. The van der Waals surface area contributed by atoms with E-state index in [2.05, 4.69) is 52.7 Å². The summed E-state index contributed by atoms with van der Waals surface area (Å²) in [6.45, 7) is 5.52. The molecule has 0 spiro atoms. The van der Waals surface area contributed by atoms with Gasteiger partial charge in [0, 0.05) is 96.1 Å². The van der Waals surface area contributed by atoms with Gasteiger partial charge < -0.3 is 45.2 Å². The normalized spacial score (nSPS) is 17.3. The number of aromatic nitrogens is 2. The fourth-order valence-electron chi connectivity index (χ4n) is 9.59. The van der Waals surface area contributed by atoms with E-state index in [-0.39, 0.29) is 38.5 Å². The summed E-state index contributed by atoms with van der Waals surface area (Å²) in [5.41, 5.74) is 10.0. The molecule has 2 aliphatic rings. The second-order valence-corrected chi connectivity index (χ2v) is 19.1. The van der Waals surface area contributed by atoms with E-state index in [0.29, 0.717) is 75.7 Å². The Morgan fingerprint density at radius 1 is 0.653 bits per heavy atom. The molecule has 2 aromatic heterocycles. The van der Waals surface area contributed by atoms with Gasteiger partial charge in [0.2, 0.25) is 0 Å². The molecule has 16 heteroatoms. The minimum absolute atomic E-state index is 0.133. The third-order valence-electron chi connectivity index (χ3n) is 13.6. The molecule has 2 fully saturated rings. The molecule has 2 aliphatic carbocycles. The lowest BCUT2D eigenvalue weighted by Gasteiger charge is -2.21. The van der Waals surface area contributed by atoms with Gasteiger partial charge in [0.25, 0.3) is 0 Å². The zero-order valence-corrected chi connectivity index (χ0v) is 41.6. The van der Waals surface area contributed by atoms with Crippen LogP contribution in [-0.2, 0) is 49.1 Å². The van der Waals surface area contributed by atoms with Crippen LogP contribution in [0, 0.1) is 42.4 Å². The molecule has 0 aliphatic heterocycles. The summed E-state index contributed by atoms with van der Waals surface area (Å²) in [5.74, 6) is -0.672. The summed E-state index contributed by atoms with van der Waals surface area (Å²) in [7, 11) is 0. The monoisotopic (exact) mass is 1010 g/mol. The Balaban J connectivity index is 0.984. The number of rotatable bonds is 22. The van der Waals surface area contributed by atoms with E-state index in [9.17, 15) is 25.1 Å². The molecule has 8 rings (SSSR count). The molecule has 6 aromatic rings. The van der Waals surface area contributed by atoms with Crippen LogP contribution >= 0.6 is 23.2 Å². The van der Waals surface area contributed by atoms with E-state index in [1.165, 1.54) is 12.4 Å². The molecular weight excluding hydrogens is 956 g/mol. The minimum Gasteiger partial charge on any atom is -0.488 e. The fourth-order valence-corrected chi connectivity index (χ4v) is 10.1. The number of ether oxygens (including phenoxy) is 4. The highest BCUT2D eigenvalue weighted by Crippen LogP contribution is 2.38. The molecule has 1 unspecified atom stereocenters. The van der Waals surface area contributed by atoms with E-state index in [0.717, 1.165) is 75.8 Å². The number of hydrogen-bond donors (Lipinski definition) is 5. The quantitative estimate of drug-likeness (QED) is 0.0402. The number of nitrogens with zero attached hydrogens (tertiary/aromatic N) is 3. The molecule has 5 N–H and O–H groups in total. The summed E-state index contributed by atoms with van der Waals surface area (Å²) in [6, 6.07) is 24.6. The summed E-state index contributed by atoms with van der Waals surface area (Å²) < 4.78 is 25.6. The van der Waals surface area contributed by atoms with Crippen molar-refractivity contribution in [2.75, 3.05) is 0 Å². The molecule has 372 valence electrons. The summed E-state index contributed by atoms with van der Waals surface area (Å²) >= 11 is 13.8. The smallest absolute Gasteiger partial charge is 0.308 e. The van der Waals surface area contributed by atoms with Gasteiger partial charge in [-0.15, -0.1) is 0 Å². The first-order valence-electron chi connectivity index (χ1n) is 23.9.